The molecule has 330 valence electrons. The van der Waals surface area contributed by atoms with Gasteiger partial charge < -0.3 is 35.7 Å². The molecule has 4 rings (SSSR count). The molecule has 0 aromatic heterocycles. The van der Waals surface area contributed by atoms with Gasteiger partial charge in [-0.2, -0.15) is 0 Å². The van der Waals surface area contributed by atoms with Crippen molar-refractivity contribution < 1.29 is 35.7 Å². The van der Waals surface area contributed by atoms with Crippen LogP contribution in [0, 0.1) is 0 Å². The number of aryl methyl sites for hydroxylation is 4. The summed E-state index contributed by atoms with van der Waals surface area (Å²) in [5, 5.41) is 64.8. The van der Waals surface area contributed by atoms with Crippen molar-refractivity contribution in [3.63, 3.8) is 0 Å². The number of hydrogen-bond donors (Lipinski definition) is 7. The van der Waals surface area contributed by atoms with Gasteiger partial charge in [0.05, 0.1) is 0 Å². The Hall–Kier alpha value is -4.52. The normalized spacial score (nSPS) is 10.4. The van der Waals surface area contributed by atoms with Crippen molar-refractivity contribution in [1.82, 2.24) is 0 Å². The van der Waals surface area contributed by atoms with E-state index in [0.717, 1.165) is 61.6 Å². The van der Waals surface area contributed by atoms with Gasteiger partial charge in [0.1, 0.15) is 17.2 Å². The van der Waals surface area contributed by atoms with Gasteiger partial charge >= 0.3 is 0 Å². The van der Waals surface area contributed by atoms with Gasteiger partial charge in [-0.05, 0) is 116 Å². The average molecular weight is 817 g/mol. The largest absolute Gasteiger partial charge is 0.508 e. The Morgan fingerprint density at radius 1 is 0.288 bits per heavy atom. The van der Waals surface area contributed by atoms with Gasteiger partial charge in [-0.25, -0.2) is 0 Å². The van der Waals surface area contributed by atoms with Gasteiger partial charge in [-0.3, -0.25) is 0 Å². The van der Waals surface area contributed by atoms with Crippen LogP contribution >= 0.6 is 0 Å². The van der Waals surface area contributed by atoms with Crippen LogP contribution < -0.4 is 0 Å². The van der Waals surface area contributed by atoms with E-state index in [9.17, 15) is 25.5 Å². The Balaban J connectivity index is 0.000000398. The highest BCUT2D eigenvalue weighted by Crippen LogP contribution is 2.27. The summed E-state index contributed by atoms with van der Waals surface area (Å²) in [6.07, 6.45) is 29.3. The summed E-state index contributed by atoms with van der Waals surface area (Å²) in [6.45, 7) is 8.81. The lowest BCUT2D eigenvalue weighted by atomic mass is 10.0. The minimum absolute atomic E-state index is 0.00885. The van der Waals surface area contributed by atoms with Crippen molar-refractivity contribution in [3.8, 4) is 40.2 Å². The molecule has 0 aliphatic rings. The van der Waals surface area contributed by atoms with E-state index in [4.69, 9.17) is 10.2 Å². The number of hydrogen-bond acceptors (Lipinski definition) is 7. The topological polar surface area (TPSA) is 142 Å². The summed E-state index contributed by atoms with van der Waals surface area (Å²) in [6, 6.07) is 22.5. The molecule has 0 heterocycles. The van der Waals surface area contributed by atoms with E-state index in [1.165, 1.54) is 121 Å². The third-order valence-corrected chi connectivity index (χ3v) is 10.3. The van der Waals surface area contributed by atoms with Gasteiger partial charge in [0.2, 0.25) is 0 Å². The Morgan fingerprint density at radius 3 is 1.12 bits per heavy atom. The maximum absolute atomic E-state index is 9.49. The lowest BCUT2D eigenvalue weighted by Gasteiger charge is -2.04. The van der Waals surface area contributed by atoms with E-state index in [0.29, 0.717) is 5.75 Å². The Bertz CT molecular complexity index is 1550. The van der Waals surface area contributed by atoms with E-state index in [1.54, 1.807) is 42.5 Å². The minimum Gasteiger partial charge on any atom is -0.508 e. The zero-order valence-electron chi connectivity index (χ0n) is 37.1. The van der Waals surface area contributed by atoms with Crippen molar-refractivity contribution in [2.24, 2.45) is 0 Å². The second-order valence-corrected chi connectivity index (χ2v) is 15.8. The van der Waals surface area contributed by atoms with Crippen LogP contribution in [0.1, 0.15) is 178 Å². The van der Waals surface area contributed by atoms with Gasteiger partial charge in [0.15, 0.2) is 23.0 Å². The molecule has 7 N–H and O–H groups in total. The first-order valence-electron chi connectivity index (χ1n) is 22.8. The molecule has 0 amide bonds. The number of benzene rings is 4. The van der Waals surface area contributed by atoms with Crippen LogP contribution in [0.5, 0.6) is 40.2 Å². The molecule has 0 bridgehead atoms. The molecule has 0 spiro atoms. The van der Waals surface area contributed by atoms with E-state index in [1.807, 2.05) is 24.3 Å². The third kappa shape index (κ3) is 27.0. The van der Waals surface area contributed by atoms with Gasteiger partial charge in [-0.1, -0.05) is 161 Å². The fraction of sp³-hybridized carbons (Fsp3) is 0.538. The maximum Gasteiger partial charge on any atom is 0.157 e. The second-order valence-electron chi connectivity index (χ2n) is 15.8. The number of phenolic OH excluding ortho intramolecular Hbond substituents is 7. The number of rotatable bonds is 24. The third-order valence-electron chi connectivity index (χ3n) is 10.3. The molecule has 59 heavy (non-hydrogen) atoms. The summed E-state index contributed by atoms with van der Waals surface area (Å²) in [5.74, 6) is 0.623. The molecule has 7 nitrogen and oxygen atoms in total. The molecular formula is C52H80O7. The second kappa shape index (κ2) is 34.4. The zero-order chi connectivity index (χ0) is 43.5. The van der Waals surface area contributed by atoms with E-state index >= 15 is 0 Å². The van der Waals surface area contributed by atoms with E-state index in [2.05, 4.69) is 33.8 Å². The van der Waals surface area contributed by atoms with Crippen LogP contribution in [-0.4, -0.2) is 35.7 Å². The van der Waals surface area contributed by atoms with Crippen LogP contribution in [0.2, 0.25) is 0 Å². The van der Waals surface area contributed by atoms with Crippen LogP contribution in [0.15, 0.2) is 78.9 Å². The first-order valence-corrected chi connectivity index (χ1v) is 22.8. The maximum atomic E-state index is 9.49. The predicted molar refractivity (Wildman–Crippen MR) is 247 cm³/mol. The average Bonchev–Trinajstić information content (AvgIpc) is 3.22. The zero-order valence-corrected chi connectivity index (χ0v) is 37.1. The Morgan fingerprint density at radius 2 is 0.678 bits per heavy atom. The molecule has 0 saturated carbocycles. The quantitative estimate of drug-likeness (QED) is 0.0276. The van der Waals surface area contributed by atoms with E-state index < -0.39 is 0 Å². The smallest absolute Gasteiger partial charge is 0.157 e. The lowest BCUT2D eigenvalue weighted by Crippen LogP contribution is -1.86. The standard InChI is InChI=1S/2C15H24O2.C12H18O2.C10H14O/c2*1-2-3-4-5-6-7-8-9-13-10-11-14(16)15(17)12-13;1-2-3-4-5-6-10-7-8-11(13)9-12(10)14;1-2-3-5-9-6-4-7-10(11)8-9/h2*10-12,16-17H,2-9H2,1H3;7-9,13-14H,2-6H2,1H3;4,6-8,11H,2-3,5H2,1H3. The molecule has 0 unspecified atom stereocenters. The summed E-state index contributed by atoms with van der Waals surface area (Å²) in [4.78, 5) is 0. The molecule has 4 aromatic carbocycles. The summed E-state index contributed by atoms with van der Waals surface area (Å²) >= 11 is 0. The molecular weight excluding hydrogens is 737 g/mol. The van der Waals surface area contributed by atoms with Crippen molar-refractivity contribution >= 4 is 0 Å². The van der Waals surface area contributed by atoms with Crippen LogP contribution in [0.4, 0.5) is 0 Å². The molecule has 0 atom stereocenters. The van der Waals surface area contributed by atoms with Crippen molar-refractivity contribution in [3.05, 3.63) is 101 Å². The highest BCUT2D eigenvalue weighted by atomic mass is 16.3. The number of phenols is 7. The SMILES string of the molecule is CCCCCCCCCc1ccc(O)c(O)c1.CCCCCCCCCc1ccc(O)c(O)c1.CCCCCCc1ccc(O)cc1O.CCCCc1cccc(O)c1. The Kier molecular flexibility index (Phi) is 30.6. The molecule has 0 aliphatic heterocycles. The summed E-state index contributed by atoms with van der Waals surface area (Å²) in [7, 11) is 0. The molecule has 7 heteroatoms. The summed E-state index contributed by atoms with van der Waals surface area (Å²) < 4.78 is 0. The van der Waals surface area contributed by atoms with Crippen LogP contribution in [0.3, 0.4) is 0 Å². The monoisotopic (exact) mass is 817 g/mol. The first-order chi connectivity index (χ1) is 28.5. The van der Waals surface area contributed by atoms with Crippen molar-refractivity contribution in [2.75, 3.05) is 0 Å². The van der Waals surface area contributed by atoms with E-state index in [-0.39, 0.29) is 34.5 Å². The Labute approximate surface area is 357 Å². The molecule has 0 radical (unpaired) electrons. The summed E-state index contributed by atoms with van der Waals surface area (Å²) in [5.41, 5.74) is 4.37. The fourth-order valence-electron chi connectivity index (χ4n) is 6.62. The first kappa shape index (κ1) is 52.5. The van der Waals surface area contributed by atoms with Crippen molar-refractivity contribution in [2.45, 2.75) is 182 Å². The lowest BCUT2D eigenvalue weighted by molar-refractivity contribution is 0.403. The molecule has 0 saturated heterocycles. The highest BCUT2D eigenvalue weighted by molar-refractivity contribution is 5.41. The van der Waals surface area contributed by atoms with Gasteiger partial charge in [0, 0.05) is 6.07 Å². The van der Waals surface area contributed by atoms with Crippen LogP contribution in [0.25, 0.3) is 0 Å². The number of unbranched alkanes of at least 4 members (excludes halogenated alkanes) is 16. The highest BCUT2D eigenvalue weighted by Gasteiger charge is 2.03. The van der Waals surface area contributed by atoms with Crippen molar-refractivity contribution in [1.29, 1.82) is 0 Å². The van der Waals surface area contributed by atoms with Gasteiger partial charge in [0.25, 0.3) is 0 Å². The molecule has 4 aromatic rings. The molecule has 0 fully saturated rings. The number of aromatic hydroxyl groups is 7. The fourth-order valence-corrected chi connectivity index (χ4v) is 6.62. The van der Waals surface area contributed by atoms with Crippen LogP contribution in [-0.2, 0) is 25.7 Å². The predicted octanol–water partition coefficient (Wildman–Crippen LogP) is 14.7. The van der Waals surface area contributed by atoms with Gasteiger partial charge in [-0.15, -0.1) is 0 Å². The minimum atomic E-state index is -0.0340. The molecule has 0 aliphatic carbocycles.